The Labute approximate surface area is 359 Å². The molecule has 1 atom stereocenters. The minimum Gasteiger partial charge on any atom is -0.726 e. The summed E-state index contributed by atoms with van der Waals surface area (Å²) in [5.41, 5.74) is -2.18. The van der Waals surface area contributed by atoms with Crippen molar-refractivity contribution < 1.29 is 139 Å². The minimum atomic E-state index is -5.15. The summed E-state index contributed by atoms with van der Waals surface area (Å²) in [4.78, 5) is 23.5. The van der Waals surface area contributed by atoms with E-state index >= 15 is 0 Å². The van der Waals surface area contributed by atoms with Crippen molar-refractivity contribution in [3.63, 3.8) is 0 Å². The fraction of sp³-hybridized carbons (Fsp3) is 0.938. The quantitative estimate of drug-likeness (QED) is 0.0332. The van der Waals surface area contributed by atoms with Gasteiger partial charge in [0.1, 0.15) is 5.25 Å². The normalized spacial score (nSPS) is 12.0. The van der Waals surface area contributed by atoms with Gasteiger partial charge in [-0.15, -0.1) is 0 Å². The summed E-state index contributed by atoms with van der Waals surface area (Å²) >= 11 is 0. The third-order valence-corrected chi connectivity index (χ3v) is 9.79. The molecule has 11 nitrogen and oxygen atoms in total. The molecule has 0 fully saturated rings. The van der Waals surface area contributed by atoms with E-state index in [4.69, 9.17) is 0 Å². The van der Waals surface area contributed by atoms with Crippen LogP contribution in [0.2, 0.25) is 0 Å². The molecule has 0 aliphatic heterocycles. The van der Waals surface area contributed by atoms with Crippen molar-refractivity contribution in [2.45, 2.75) is 180 Å². The largest absolute Gasteiger partial charge is 1.00 e. The van der Waals surface area contributed by atoms with Gasteiger partial charge in [-0.05, 0) is 19.3 Å². The Balaban J connectivity index is -0.000000267. The average molecular weight is 755 g/mol. The molecule has 0 aromatic heterocycles. The van der Waals surface area contributed by atoms with Crippen LogP contribution in [0.1, 0.15) is 175 Å². The first-order valence-electron chi connectivity index (χ1n) is 17.2. The van der Waals surface area contributed by atoms with Gasteiger partial charge in [0.05, 0.1) is 12.6 Å². The molecule has 0 saturated heterocycles. The monoisotopic (exact) mass is 754 g/mol. The molecule has 48 heavy (non-hydrogen) atoms. The molecule has 1 N–H and O–H groups in total. The van der Waals surface area contributed by atoms with Crippen LogP contribution in [-0.2, 0) is 34.3 Å². The molecule has 0 rings (SSSR count). The molecule has 0 heterocycles. The molecule has 0 spiro atoms. The standard InChI is InChI=1S/C20H38O7S.C12H26O4S.3Na/c1-3-5-7-9-11-13-15-20(19(23)24,16-14-12-10-8-6-4-2)17(18(21)22)28(25,26)27;1-2-3-4-5-6-7-8-9-10-11-12-16-17(13,14)15;;;/h17H,3-16H2,1-2H3,(H,21,22)(H,23,24)(H,25,26,27);2-12H2,1H3,(H,13,14,15);;;/q;;3*+1/p-3. The zero-order chi connectivity index (χ0) is 34.6. The molecule has 0 aromatic rings. The van der Waals surface area contributed by atoms with Gasteiger partial charge in [0, 0.05) is 11.4 Å². The van der Waals surface area contributed by atoms with Crippen LogP contribution in [0.15, 0.2) is 0 Å². The number of carbonyl (C=O) groups is 2. The molecule has 0 aromatic carbocycles. The van der Waals surface area contributed by atoms with Gasteiger partial charge in [0.25, 0.3) is 10.1 Å². The van der Waals surface area contributed by atoms with Crippen LogP contribution in [0.25, 0.3) is 0 Å². The summed E-state index contributed by atoms with van der Waals surface area (Å²) in [6, 6.07) is 0. The van der Waals surface area contributed by atoms with Gasteiger partial charge >= 0.3 is 88.7 Å². The summed E-state index contributed by atoms with van der Waals surface area (Å²) in [7, 11) is -9.64. The second-order valence-corrected chi connectivity index (χ2v) is 14.7. The number of hydrogen-bond donors (Lipinski definition) is 1. The summed E-state index contributed by atoms with van der Waals surface area (Å²) in [6.45, 7) is 6.38. The number of aliphatic carboxylic acids is 2. The first kappa shape index (κ1) is 59.0. The van der Waals surface area contributed by atoms with E-state index < -0.39 is 43.1 Å². The summed E-state index contributed by atoms with van der Waals surface area (Å²) < 4.78 is 67.3. The van der Waals surface area contributed by atoms with Crippen LogP contribution in [0.4, 0.5) is 0 Å². The van der Waals surface area contributed by atoms with Gasteiger partial charge < -0.3 is 24.4 Å². The second-order valence-electron chi connectivity index (χ2n) is 12.1. The Kier molecular flexibility index (Phi) is 45.6. The van der Waals surface area contributed by atoms with Crippen molar-refractivity contribution in [1.82, 2.24) is 0 Å². The fourth-order valence-electron chi connectivity index (χ4n) is 5.52. The number of unbranched alkanes of at least 4 members (excludes halogenated alkanes) is 19. The number of carboxylic acids is 2. The number of carboxylic acid groups (broad SMARTS) is 2. The molecule has 0 amide bonds. The zero-order valence-electron chi connectivity index (χ0n) is 31.1. The van der Waals surface area contributed by atoms with Gasteiger partial charge in [-0.25, -0.2) is 8.42 Å². The van der Waals surface area contributed by atoms with Crippen LogP contribution in [0.5, 0.6) is 0 Å². The van der Waals surface area contributed by atoms with Gasteiger partial charge in [-0.3, -0.25) is 8.74 Å². The second kappa shape index (κ2) is 37.1. The summed E-state index contributed by atoms with van der Waals surface area (Å²) in [5, 5.41) is 21.0. The maximum Gasteiger partial charge on any atom is 1.00 e. The predicted octanol–water partition coefficient (Wildman–Crippen LogP) is -3.37. The fourth-order valence-corrected chi connectivity index (χ4v) is 6.99. The Bertz CT molecular complexity index is 950. The van der Waals surface area contributed by atoms with Crippen molar-refractivity contribution in [2.75, 3.05) is 6.61 Å². The smallest absolute Gasteiger partial charge is 0.726 e. The van der Waals surface area contributed by atoms with Crippen LogP contribution in [0, 0.1) is 5.41 Å². The Morgan fingerprint density at radius 1 is 0.583 bits per heavy atom. The van der Waals surface area contributed by atoms with Crippen molar-refractivity contribution in [1.29, 1.82) is 0 Å². The maximum atomic E-state index is 12.0. The van der Waals surface area contributed by atoms with E-state index in [1.54, 1.807) is 0 Å². The topological polar surface area (TPSA) is 201 Å². The van der Waals surface area contributed by atoms with E-state index in [1.165, 1.54) is 44.9 Å². The SMILES string of the molecule is CCCCCCCCC(CCCCCCCC)(C(=O)[O-])C(C(=O)[O-])S(=O)(=O)O.CCCCCCCCCCCCOS(=O)(=O)[O-].[Na+].[Na+].[Na+]. The number of carbonyl (C=O) groups excluding carboxylic acids is 2. The molecule has 16 heteroatoms. The van der Waals surface area contributed by atoms with Gasteiger partial charge in [-0.2, -0.15) is 8.42 Å². The maximum absolute atomic E-state index is 12.0. The molecule has 0 saturated carbocycles. The van der Waals surface area contributed by atoms with Crippen molar-refractivity contribution >= 4 is 32.5 Å². The van der Waals surface area contributed by atoms with Crippen molar-refractivity contribution in [2.24, 2.45) is 5.41 Å². The first-order valence-corrected chi connectivity index (χ1v) is 20.0. The molecule has 0 bridgehead atoms. The molecule has 1 unspecified atom stereocenters. The number of rotatable bonds is 30. The van der Waals surface area contributed by atoms with E-state index in [2.05, 4.69) is 25.0 Å². The van der Waals surface area contributed by atoms with E-state index in [1.807, 2.05) is 0 Å². The predicted molar refractivity (Wildman–Crippen MR) is 171 cm³/mol. The first-order chi connectivity index (χ1) is 21.2. The molecular weight excluding hydrogens is 693 g/mol. The van der Waals surface area contributed by atoms with E-state index in [9.17, 15) is 45.7 Å². The number of hydrogen-bond acceptors (Lipinski definition) is 10. The minimum absolute atomic E-state index is 0. The zero-order valence-corrected chi connectivity index (χ0v) is 38.7. The van der Waals surface area contributed by atoms with Gasteiger partial charge in [-0.1, -0.05) is 156 Å². The summed E-state index contributed by atoms with van der Waals surface area (Å²) in [5.74, 6) is -3.84. The van der Waals surface area contributed by atoms with E-state index in [0.29, 0.717) is 32.1 Å². The van der Waals surface area contributed by atoms with Crippen molar-refractivity contribution in [3.8, 4) is 0 Å². The molecule has 270 valence electrons. The van der Waals surface area contributed by atoms with E-state index in [-0.39, 0.29) is 108 Å². The van der Waals surface area contributed by atoms with Crippen LogP contribution < -0.4 is 98.9 Å². The molecule has 0 aliphatic rings. The average Bonchev–Trinajstić information content (AvgIpc) is 2.94. The molecular formula is C32H61Na3O11S2. The molecule has 0 aliphatic carbocycles. The molecule has 0 radical (unpaired) electrons. The van der Waals surface area contributed by atoms with Crippen LogP contribution >= 0.6 is 0 Å². The van der Waals surface area contributed by atoms with E-state index in [0.717, 1.165) is 64.2 Å². The Morgan fingerprint density at radius 3 is 1.12 bits per heavy atom. The van der Waals surface area contributed by atoms with Crippen LogP contribution in [0.3, 0.4) is 0 Å². The van der Waals surface area contributed by atoms with Crippen LogP contribution in [-0.4, -0.2) is 49.7 Å². The Hall–Kier alpha value is 1.72. The van der Waals surface area contributed by atoms with Crippen molar-refractivity contribution in [3.05, 3.63) is 0 Å². The van der Waals surface area contributed by atoms with Gasteiger partial charge in [0.2, 0.25) is 10.4 Å². The third-order valence-electron chi connectivity index (χ3n) is 8.10. The summed E-state index contributed by atoms with van der Waals surface area (Å²) in [6.07, 6.45) is 21.3. The third kappa shape index (κ3) is 33.5. The van der Waals surface area contributed by atoms with Gasteiger partial charge in [0.15, 0.2) is 0 Å². The Morgan fingerprint density at radius 2 is 0.875 bits per heavy atom.